The second-order valence-electron chi connectivity index (χ2n) is 4.14. The molecule has 1 nitrogen and oxygen atoms in total. The van der Waals surface area contributed by atoms with Crippen LogP contribution in [0.25, 0.3) is 0 Å². The molecular formula is C14H11BrCl2FN. The monoisotopic (exact) mass is 361 g/mol. The van der Waals surface area contributed by atoms with Gasteiger partial charge < -0.3 is 5.32 Å². The molecule has 0 aliphatic heterocycles. The number of hydrogen-bond acceptors (Lipinski definition) is 1. The van der Waals surface area contributed by atoms with Gasteiger partial charge in [-0.1, -0.05) is 35.3 Å². The molecule has 2 aromatic carbocycles. The van der Waals surface area contributed by atoms with E-state index >= 15 is 0 Å². The van der Waals surface area contributed by atoms with Crippen molar-refractivity contribution in [2.45, 2.75) is 13.0 Å². The minimum absolute atomic E-state index is 0.0680. The second kappa shape index (κ2) is 6.12. The van der Waals surface area contributed by atoms with Gasteiger partial charge in [-0.05, 0) is 52.7 Å². The zero-order valence-corrected chi connectivity index (χ0v) is 13.2. The standard InChI is InChI=1S/C14H11BrCl2FN/c1-8(9-5-6-10(16)12(18)7-9)19-13-4-2-3-11(17)14(13)15/h2-8,19H,1H3. The first-order chi connectivity index (χ1) is 8.99. The normalized spacial score (nSPS) is 12.3. The smallest absolute Gasteiger partial charge is 0.142 e. The van der Waals surface area contributed by atoms with E-state index < -0.39 is 5.82 Å². The summed E-state index contributed by atoms with van der Waals surface area (Å²) in [6.07, 6.45) is 0. The van der Waals surface area contributed by atoms with Crippen LogP contribution < -0.4 is 5.32 Å². The third kappa shape index (κ3) is 3.41. The number of anilines is 1. The van der Waals surface area contributed by atoms with Crippen molar-refractivity contribution in [2.24, 2.45) is 0 Å². The van der Waals surface area contributed by atoms with Gasteiger partial charge in [0.05, 0.1) is 20.2 Å². The molecule has 0 heterocycles. The molecule has 1 atom stereocenters. The van der Waals surface area contributed by atoms with Crippen molar-refractivity contribution in [1.29, 1.82) is 0 Å². The minimum Gasteiger partial charge on any atom is -0.378 e. The Morgan fingerprint density at radius 2 is 1.89 bits per heavy atom. The summed E-state index contributed by atoms with van der Waals surface area (Å²) < 4.78 is 14.2. The van der Waals surface area contributed by atoms with Gasteiger partial charge in [0.25, 0.3) is 0 Å². The molecule has 0 aliphatic carbocycles. The van der Waals surface area contributed by atoms with Crippen LogP contribution in [-0.4, -0.2) is 0 Å². The van der Waals surface area contributed by atoms with E-state index in [-0.39, 0.29) is 11.1 Å². The Hall–Kier alpha value is -0.770. The maximum absolute atomic E-state index is 13.4. The van der Waals surface area contributed by atoms with Crippen LogP contribution in [0.15, 0.2) is 40.9 Å². The zero-order chi connectivity index (χ0) is 14.0. The van der Waals surface area contributed by atoms with E-state index in [0.717, 1.165) is 15.7 Å². The van der Waals surface area contributed by atoms with Crippen LogP contribution in [0.4, 0.5) is 10.1 Å². The molecule has 1 N–H and O–H groups in total. The Morgan fingerprint density at radius 3 is 2.58 bits per heavy atom. The van der Waals surface area contributed by atoms with Gasteiger partial charge in [-0.2, -0.15) is 0 Å². The van der Waals surface area contributed by atoms with E-state index in [1.165, 1.54) is 6.07 Å². The van der Waals surface area contributed by atoms with Crippen molar-refractivity contribution in [2.75, 3.05) is 5.32 Å². The average molecular weight is 363 g/mol. The second-order valence-corrected chi connectivity index (χ2v) is 5.75. The molecule has 100 valence electrons. The minimum atomic E-state index is -0.419. The number of hydrogen-bond donors (Lipinski definition) is 1. The van der Waals surface area contributed by atoms with E-state index in [1.807, 2.05) is 19.1 Å². The van der Waals surface area contributed by atoms with Gasteiger partial charge in [0.15, 0.2) is 0 Å². The summed E-state index contributed by atoms with van der Waals surface area (Å²) in [5.41, 5.74) is 1.67. The number of rotatable bonds is 3. The summed E-state index contributed by atoms with van der Waals surface area (Å²) in [6, 6.07) is 10.3. The molecule has 0 spiro atoms. The zero-order valence-electron chi connectivity index (χ0n) is 10.1. The maximum atomic E-state index is 13.4. The molecule has 0 fully saturated rings. The molecule has 2 rings (SSSR count). The highest BCUT2D eigenvalue weighted by Gasteiger charge is 2.11. The SMILES string of the molecule is CC(Nc1cccc(Cl)c1Br)c1ccc(Cl)c(F)c1. The fourth-order valence-corrected chi connectivity index (χ4v) is 2.38. The molecule has 2 aromatic rings. The molecule has 0 aliphatic rings. The third-order valence-electron chi connectivity index (χ3n) is 2.77. The van der Waals surface area contributed by atoms with Crippen LogP contribution in [-0.2, 0) is 0 Å². The van der Waals surface area contributed by atoms with Crippen LogP contribution >= 0.6 is 39.1 Å². The lowest BCUT2D eigenvalue weighted by atomic mass is 10.1. The van der Waals surface area contributed by atoms with Gasteiger partial charge in [-0.15, -0.1) is 0 Å². The van der Waals surface area contributed by atoms with Crippen molar-refractivity contribution < 1.29 is 4.39 Å². The fraction of sp³-hybridized carbons (Fsp3) is 0.143. The van der Waals surface area contributed by atoms with Crippen molar-refractivity contribution in [3.8, 4) is 0 Å². The highest BCUT2D eigenvalue weighted by atomic mass is 79.9. The predicted molar refractivity (Wildman–Crippen MR) is 82.6 cm³/mol. The molecule has 0 bridgehead atoms. The summed E-state index contributed by atoms with van der Waals surface area (Å²) in [7, 11) is 0. The van der Waals surface area contributed by atoms with E-state index in [1.54, 1.807) is 18.2 Å². The topological polar surface area (TPSA) is 12.0 Å². The van der Waals surface area contributed by atoms with Gasteiger partial charge in [0.1, 0.15) is 5.82 Å². The van der Waals surface area contributed by atoms with Crippen molar-refractivity contribution >= 4 is 44.8 Å². The average Bonchev–Trinajstić information content (AvgIpc) is 2.38. The quantitative estimate of drug-likeness (QED) is 0.698. The van der Waals surface area contributed by atoms with Crippen LogP contribution in [0.1, 0.15) is 18.5 Å². The van der Waals surface area contributed by atoms with E-state index in [0.29, 0.717) is 5.02 Å². The highest BCUT2D eigenvalue weighted by Crippen LogP contribution is 2.32. The van der Waals surface area contributed by atoms with Gasteiger partial charge in [-0.25, -0.2) is 4.39 Å². The molecule has 1 unspecified atom stereocenters. The van der Waals surface area contributed by atoms with Crippen LogP contribution in [0.3, 0.4) is 0 Å². The molecule has 0 radical (unpaired) electrons. The van der Waals surface area contributed by atoms with Crippen LogP contribution in [0, 0.1) is 5.82 Å². The van der Waals surface area contributed by atoms with Crippen LogP contribution in [0.2, 0.25) is 10.0 Å². The van der Waals surface area contributed by atoms with E-state index in [2.05, 4.69) is 21.2 Å². The third-order valence-corrected chi connectivity index (χ3v) is 4.47. The molecule has 0 saturated carbocycles. The molecule has 19 heavy (non-hydrogen) atoms. The fourth-order valence-electron chi connectivity index (χ4n) is 1.71. The Balaban J connectivity index is 2.23. The lowest BCUT2D eigenvalue weighted by Crippen LogP contribution is -2.07. The summed E-state index contributed by atoms with van der Waals surface area (Å²) >= 11 is 15.1. The lowest BCUT2D eigenvalue weighted by Gasteiger charge is -2.17. The Kier molecular flexibility index (Phi) is 4.71. The largest absolute Gasteiger partial charge is 0.378 e. The summed E-state index contributed by atoms with van der Waals surface area (Å²) in [6.45, 7) is 1.94. The first-order valence-corrected chi connectivity index (χ1v) is 7.19. The van der Waals surface area contributed by atoms with E-state index in [9.17, 15) is 4.39 Å². The molecule has 5 heteroatoms. The first-order valence-electron chi connectivity index (χ1n) is 5.64. The number of benzene rings is 2. The Bertz CT molecular complexity index is 604. The molecule has 0 saturated heterocycles. The summed E-state index contributed by atoms with van der Waals surface area (Å²) in [5, 5.41) is 4.02. The molecule has 0 amide bonds. The van der Waals surface area contributed by atoms with Gasteiger partial charge >= 0.3 is 0 Å². The van der Waals surface area contributed by atoms with Gasteiger partial charge in [0.2, 0.25) is 0 Å². The lowest BCUT2D eigenvalue weighted by molar-refractivity contribution is 0.624. The van der Waals surface area contributed by atoms with Gasteiger partial charge in [0, 0.05) is 6.04 Å². The number of nitrogens with one attached hydrogen (secondary N) is 1. The Labute approximate surface area is 129 Å². The van der Waals surface area contributed by atoms with Crippen molar-refractivity contribution in [1.82, 2.24) is 0 Å². The number of halogens is 4. The first kappa shape index (κ1) is 14.6. The van der Waals surface area contributed by atoms with Crippen molar-refractivity contribution in [3.05, 3.63) is 62.3 Å². The van der Waals surface area contributed by atoms with Crippen molar-refractivity contribution in [3.63, 3.8) is 0 Å². The summed E-state index contributed by atoms with van der Waals surface area (Å²) in [4.78, 5) is 0. The highest BCUT2D eigenvalue weighted by molar-refractivity contribution is 9.10. The van der Waals surface area contributed by atoms with E-state index in [4.69, 9.17) is 23.2 Å². The van der Waals surface area contributed by atoms with Gasteiger partial charge in [-0.3, -0.25) is 0 Å². The predicted octanol–water partition coefficient (Wildman–Crippen LogP) is 6.07. The Morgan fingerprint density at radius 1 is 1.16 bits per heavy atom. The van der Waals surface area contributed by atoms with Crippen LogP contribution in [0.5, 0.6) is 0 Å². The molecule has 0 aromatic heterocycles. The molecular weight excluding hydrogens is 352 g/mol. The maximum Gasteiger partial charge on any atom is 0.142 e. The summed E-state index contributed by atoms with van der Waals surface area (Å²) in [5.74, 6) is -0.419.